The van der Waals surface area contributed by atoms with Gasteiger partial charge in [0.1, 0.15) is 6.54 Å². The highest BCUT2D eigenvalue weighted by atomic mass is 16.7. The van der Waals surface area contributed by atoms with Crippen molar-refractivity contribution in [3.63, 3.8) is 0 Å². The molecule has 0 bridgehead atoms. The van der Waals surface area contributed by atoms with Gasteiger partial charge in [-0.05, 0) is 36.2 Å². The first kappa shape index (κ1) is 20.8. The van der Waals surface area contributed by atoms with Crippen LogP contribution in [0.1, 0.15) is 37.1 Å². The van der Waals surface area contributed by atoms with Crippen molar-refractivity contribution in [3.05, 3.63) is 47.8 Å². The number of fused-ring (bicyclic) bond motifs is 1. The topological polar surface area (TPSA) is 88.4 Å². The molecule has 9 nitrogen and oxygen atoms in total. The number of aryl methyl sites for hydroxylation is 1. The van der Waals surface area contributed by atoms with Crippen molar-refractivity contribution in [2.75, 3.05) is 26.9 Å². The molecule has 0 saturated carbocycles. The normalized spacial score (nSPS) is 16.9. The van der Waals surface area contributed by atoms with Crippen molar-refractivity contribution < 1.29 is 19.1 Å². The average molecular weight is 425 g/mol. The quantitative estimate of drug-likeness (QED) is 0.770. The molecule has 9 heteroatoms. The molecule has 164 valence electrons. The summed E-state index contributed by atoms with van der Waals surface area (Å²) in [6.07, 6.45) is 3.34. The van der Waals surface area contributed by atoms with Gasteiger partial charge in [-0.25, -0.2) is 9.80 Å². The number of nitrogens with one attached hydrogen (secondary N) is 1. The van der Waals surface area contributed by atoms with E-state index in [1.54, 1.807) is 7.05 Å². The van der Waals surface area contributed by atoms with Crippen LogP contribution < -0.4 is 14.8 Å². The third-order valence-corrected chi connectivity index (χ3v) is 5.43. The van der Waals surface area contributed by atoms with Crippen LogP contribution in [0.15, 0.2) is 41.6 Å². The fourth-order valence-corrected chi connectivity index (χ4v) is 3.75. The molecule has 1 N–H and O–H groups in total. The van der Waals surface area contributed by atoms with Gasteiger partial charge < -0.3 is 24.3 Å². The Morgan fingerprint density at radius 1 is 1.26 bits per heavy atom. The van der Waals surface area contributed by atoms with Gasteiger partial charge in [-0.3, -0.25) is 4.79 Å². The molecule has 2 aliphatic heterocycles. The van der Waals surface area contributed by atoms with E-state index in [0.29, 0.717) is 24.5 Å². The van der Waals surface area contributed by atoms with Crippen LogP contribution in [0.2, 0.25) is 0 Å². The van der Waals surface area contributed by atoms with Crippen molar-refractivity contribution in [2.24, 2.45) is 12.1 Å². The van der Waals surface area contributed by atoms with Gasteiger partial charge >= 0.3 is 6.03 Å². The number of hydrogen-bond donors (Lipinski definition) is 1. The summed E-state index contributed by atoms with van der Waals surface area (Å²) in [6.45, 7) is 2.66. The van der Waals surface area contributed by atoms with Gasteiger partial charge in [0.2, 0.25) is 6.79 Å². The lowest BCUT2D eigenvalue weighted by atomic mass is 10.00. The summed E-state index contributed by atoms with van der Waals surface area (Å²) in [5.74, 6) is 1.10. The van der Waals surface area contributed by atoms with Crippen LogP contribution in [0.4, 0.5) is 4.79 Å². The molecule has 2 aliphatic rings. The summed E-state index contributed by atoms with van der Waals surface area (Å²) in [5, 5.41) is 8.94. The molecule has 0 fully saturated rings. The lowest BCUT2D eigenvalue weighted by molar-refractivity contribution is -0.133. The van der Waals surface area contributed by atoms with Crippen molar-refractivity contribution >= 4 is 17.6 Å². The fraction of sp³-hybridized carbons (Fsp3) is 0.409. The van der Waals surface area contributed by atoms with Gasteiger partial charge in [-0.1, -0.05) is 13.0 Å². The number of urea groups is 1. The SMILES string of the molecule is CCCNC(=O)N(C)CC(=O)N1N=C(c2cccn2C)C[C@@H]1c1ccc2c(c1)OCO2. The predicted molar refractivity (Wildman–Crippen MR) is 115 cm³/mol. The lowest BCUT2D eigenvalue weighted by Crippen LogP contribution is -2.43. The Morgan fingerprint density at radius 2 is 2.06 bits per heavy atom. The van der Waals surface area contributed by atoms with Gasteiger partial charge in [0.15, 0.2) is 11.5 Å². The summed E-state index contributed by atoms with van der Waals surface area (Å²) in [6, 6.07) is 9.04. The van der Waals surface area contributed by atoms with Crippen LogP contribution in [0, 0.1) is 0 Å². The molecule has 3 amide bonds. The van der Waals surface area contributed by atoms with Crippen LogP contribution in [0.3, 0.4) is 0 Å². The average Bonchev–Trinajstić information content (AvgIpc) is 3.49. The fourth-order valence-electron chi connectivity index (χ4n) is 3.75. The zero-order valence-electron chi connectivity index (χ0n) is 18.0. The molecule has 3 heterocycles. The lowest BCUT2D eigenvalue weighted by Gasteiger charge is -2.25. The first-order chi connectivity index (χ1) is 15.0. The maximum atomic E-state index is 13.2. The smallest absolute Gasteiger partial charge is 0.317 e. The maximum absolute atomic E-state index is 13.2. The molecular formula is C22H27N5O4. The van der Waals surface area contributed by atoms with E-state index in [-0.39, 0.29) is 31.3 Å². The minimum atomic E-state index is -0.293. The Labute approximate surface area is 181 Å². The minimum Gasteiger partial charge on any atom is -0.454 e. The van der Waals surface area contributed by atoms with Gasteiger partial charge in [0.05, 0.1) is 17.4 Å². The molecule has 0 radical (unpaired) electrons. The largest absolute Gasteiger partial charge is 0.454 e. The predicted octanol–water partition coefficient (Wildman–Crippen LogP) is 2.48. The zero-order chi connectivity index (χ0) is 22.0. The van der Waals surface area contributed by atoms with Gasteiger partial charge in [0.25, 0.3) is 5.91 Å². The van der Waals surface area contributed by atoms with Crippen LogP contribution in [-0.4, -0.2) is 59.1 Å². The molecule has 1 atom stereocenters. The molecule has 0 spiro atoms. The van der Waals surface area contributed by atoms with E-state index < -0.39 is 0 Å². The molecule has 2 aromatic rings. The first-order valence-corrected chi connectivity index (χ1v) is 10.4. The number of hydrogen-bond acceptors (Lipinski definition) is 5. The van der Waals surface area contributed by atoms with E-state index >= 15 is 0 Å². The number of aromatic nitrogens is 1. The van der Waals surface area contributed by atoms with Gasteiger partial charge in [-0.2, -0.15) is 5.10 Å². The van der Waals surface area contributed by atoms with E-state index in [1.807, 2.05) is 55.1 Å². The Balaban J connectivity index is 1.59. The molecule has 1 aromatic carbocycles. The van der Waals surface area contributed by atoms with E-state index in [4.69, 9.17) is 9.47 Å². The molecular weight excluding hydrogens is 398 g/mol. The van der Waals surface area contributed by atoms with E-state index in [0.717, 1.165) is 23.4 Å². The number of ether oxygens (including phenoxy) is 2. The molecule has 1 aromatic heterocycles. The number of carbonyl (C=O) groups is 2. The Morgan fingerprint density at radius 3 is 2.81 bits per heavy atom. The molecule has 31 heavy (non-hydrogen) atoms. The summed E-state index contributed by atoms with van der Waals surface area (Å²) < 4.78 is 12.9. The number of hydrazone groups is 1. The molecule has 0 saturated heterocycles. The van der Waals surface area contributed by atoms with Gasteiger partial charge in [0, 0.05) is 33.3 Å². The second kappa shape index (κ2) is 8.71. The highest BCUT2D eigenvalue weighted by Gasteiger charge is 2.35. The number of nitrogens with zero attached hydrogens (tertiary/aromatic N) is 4. The molecule has 0 aliphatic carbocycles. The third-order valence-electron chi connectivity index (χ3n) is 5.43. The monoisotopic (exact) mass is 425 g/mol. The van der Waals surface area contributed by atoms with E-state index in [1.165, 1.54) is 9.91 Å². The summed E-state index contributed by atoms with van der Waals surface area (Å²) in [4.78, 5) is 26.8. The van der Waals surface area contributed by atoms with E-state index in [9.17, 15) is 9.59 Å². The van der Waals surface area contributed by atoms with Crippen LogP contribution >= 0.6 is 0 Å². The second-order valence-electron chi connectivity index (χ2n) is 7.71. The Hall–Kier alpha value is -3.49. The van der Waals surface area contributed by atoms with E-state index in [2.05, 4.69) is 10.4 Å². The second-order valence-corrected chi connectivity index (χ2v) is 7.71. The van der Waals surface area contributed by atoms with Gasteiger partial charge in [-0.15, -0.1) is 0 Å². The molecule has 4 rings (SSSR count). The number of benzene rings is 1. The third kappa shape index (κ3) is 4.21. The number of likely N-dealkylation sites (N-methyl/N-ethyl adjacent to an activating group) is 1. The van der Waals surface area contributed by atoms with Crippen LogP contribution in [0.5, 0.6) is 11.5 Å². The zero-order valence-corrected chi connectivity index (χ0v) is 18.0. The van der Waals surface area contributed by atoms with Crippen molar-refractivity contribution in [1.82, 2.24) is 19.8 Å². The molecule has 0 unspecified atom stereocenters. The highest BCUT2D eigenvalue weighted by Crippen LogP contribution is 2.39. The van der Waals surface area contributed by atoms with Crippen LogP contribution in [0.25, 0.3) is 0 Å². The number of amides is 3. The standard InChI is InChI=1S/C22H27N5O4/c1-4-9-23-22(29)26(3)13-21(28)27-18(12-16(24-27)17-6-5-10-25(17)2)15-7-8-19-20(11-15)31-14-30-19/h5-8,10-11,18H,4,9,12-14H2,1-3H3,(H,23,29)/t18-/m1/s1. The number of rotatable bonds is 6. The van der Waals surface area contributed by atoms with Crippen molar-refractivity contribution in [1.29, 1.82) is 0 Å². The highest BCUT2D eigenvalue weighted by molar-refractivity contribution is 6.02. The Bertz CT molecular complexity index is 1020. The maximum Gasteiger partial charge on any atom is 0.317 e. The Kier molecular flexibility index (Phi) is 5.83. The van der Waals surface area contributed by atoms with Crippen molar-refractivity contribution in [2.45, 2.75) is 25.8 Å². The summed E-state index contributed by atoms with van der Waals surface area (Å²) in [7, 11) is 3.56. The number of carbonyl (C=O) groups excluding carboxylic acids is 2. The first-order valence-electron chi connectivity index (χ1n) is 10.4. The van der Waals surface area contributed by atoms with Crippen molar-refractivity contribution in [3.8, 4) is 11.5 Å². The summed E-state index contributed by atoms with van der Waals surface area (Å²) in [5.41, 5.74) is 2.68. The summed E-state index contributed by atoms with van der Waals surface area (Å²) >= 11 is 0. The minimum absolute atomic E-state index is 0.0689. The van der Waals surface area contributed by atoms with Crippen LogP contribution in [-0.2, 0) is 11.8 Å².